The minimum Gasteiger partial charge on any atom is -0.481 e. The number of anilines is 1. The second-order valence-corrected chi connectivity index (χ2v) is 4.31. The van der Waals surface area contributed by atoms with Crippen molar-refractivity contribution in [3.8, 4) is 5.88 Å². The Bertz CT molecular complexity index is 462. The van der Waals surface area contributed by atoms with Gasteiger partial charge < -0.3 is 25.4 Å². The van der Waals surface area contributed by atoms with Crippen LogP contribution in [0.15, 0.2) is 6.07 Å². The van der Waals surface area contributed by atoms with E-state index in [2.05, 4.69) is 20.6 Å². The summed E-state index contributed by atoms with van der Waals surface area (Å²) >= 11 is 0. The molecule has 0 aliphatic carbocycles. The van der Waals surface area contributed by atoms with Crippen LogP contribution in [0.1, 0.15) is 10.5 Å². The number of nitrogens with zero attached hydrogens (tertiary/aromatic N) is 3. The molecule has 0 radical (unpaired) electrons. The number of ether oxygens (including phenoxy) is 1. The first-order valence-electron chi connectivity index (χ1n) is 6.52. The van der Waals surface area contributed by atoms with Crippen molar-refractivity contribution < 1.29 is 14.6 Å². The van der Waals surface area contributed by atoms with Crippen molar-refractivity contribution in [2.45, 2.75) is 0 Å². The van der Waals surface area contributed by atoms with E-state index in [4.69, 9.17) is 9.84 Å². The summed E-state index contributed by atoms with van der Waals surface area (Å²) in [6, 6.07) is 1.48. The largest absolute Gasteiger partial charge is 0.481 e. The number of amides is 1. The van der Waals surface area contributed by atoms with Gasteiger partial charge in [0, 0.05) is 38.8 Å². The van der Waals surface area contributed by atoms with Crippen LogP contribution in [-0.2, 0) is 0 Å². The minimum atomic E-state index is -0.351. The van der Waals surface area contributed by atoms with E-state index in [0.717, 1.165) is 26.2 Å². The highest BCUT2D eigenvalue weighted by molar-refractivity contribution is 5.92. The summed E-state index contributed by atoms with van der Waals surface area (Å²) in [5.74, 6) is 0.485. The van der Waals surface area contributed by atoms with Gasteiger partial charge in [0.25, 0.3) is 5.91 Å². The SMILES string of the molecule is COc1cc(C(=O)NCCO)nc(N2CCNCC2)n1. The summed E-state index contributed by atoms with van der Waals surface area (Å²) in [7, 11) is 1.50. The molecule has 0 spiro atoms. The number of methoxy groups -OCH3 is 1. The summed E-state index contributed by atoms with van der Waals surface area (Å²) in [4.78, 5) is 22.5. The predicted molar refractivity (Wildman–Crippen MR) is 73.1 cm³/mol. The lowest BCUT2D eigenvalue weighted by Crippen LogP contribution is -2.44. The summed E-state index contributed by atoms with van der Waals surface area (Å²) in [5.41, 5.74) is 0.235. The Kier molecular flexibility index (Phi) is 5.08. The van der Waals surface area contributed by atoms with E-state index >= 15 is 0 Å². The zero-order chi connectivity index (χ0) is 14.4. The third kappa shape index (κ3) is 3.55. The molecule has 1 aromatic heterocycles. The number of aromatic nitrogens is 2. The summed E-state index contributed by atoms with van der Waals surface area (Å²) in [5, 5.41) is 14.5. The quantitative estimate of drug-likeness (QED) is 0.611. The third-order valence-corrected chi connectivity index (χ3v) is 2.93. The molecular weight excluding hydrogens is 262 g/mol. The molecule has 110 valence electrons. The van der Waals surface area contributed by atoms with Gasteiger partial charge in [0.2, 0.25) is 11.8 Å². The van der Waals surface area contributed by atoms with Gasteiger partial charge in [-0.3, -0.25) is 4.79 Å². The molecule has 1 amide bonds. The first-order chi connectivity index (χ1) is 9.74. The Morgan fingerprint density at radius 2 is 2.25 bits per heavy atom. The number of hydrogen-bond donors (Lipinski definition) is 3. The Labute approximate surface area is 117 Å². The molecule has 1 saturated heterocycles. The Balaban J connectivity index is 2.21. The van der Waals surface area contributed by atoms with E-state index in [1.807, 2.05) is 4.90 Å². The second-order valence-electron chi connectivity index (χ2n) is 4.31. The van der Waals surface area contributed by atoms with Crippen LogP contribution in [0, 0.1) is 0 Å². The first kappa shape index (κ1) is 14.5. The zero-order valence-corrected chi connectivity index (χ0v) is 11.4. The van der Waals surface area contributed by atoms with Gasteiger partial charge in [0.15, 0.2) is 0 Å². The Morgan fingerprint density at radius 3 is 2.90 bits per heavy atom. The molecule has 1 aromatic rings. The van der Waals surface area contributed by atoms with Gasteiger partial charge in [0.1, 0.15) is 5.69 Å². The molecule has 0 unspecified atom stereocenters. The Morgan fingerprint density at radius 1 is 1.50 bits per heavy atom. The number of carbonyl (C=O) groups excluding carboxylic acids is 1. The van der Waals surface area contributed by atoms with Gasteiger partial charge in [-0.1, -0.05) is 0 Å². The van der Waals surface area contributed by atoms with E-state index in [1.165, 1.54) is 13.2 Å². The summed E-state index contributed by atoms with van der Waals surface area (Å²) in [6.07, 6.45) is 0. The van der Waals surface area contributed by atoms with Gasteiger partial charge in [-0.2, -0.15) is 4.98 Å². The van der Waals surface area contributed by atoms with Crippen LogP contribution in [0.3, 0.4) is 0 Å². The number of rotatable bonds is 5. The van der Waals surface area contributed by atoms with Crippen LogP contribution in [0.4, 0.5) is 5.95 Å². The molecule has 8 heteroatoms. The number of hydrogen-bond acceptors (Lipinski definition) is 7. The standard InChI is InChI=1S/C12H19N5O3/c1-20-10-8-9(11(19)14-4-7-18)15-12(16-10)17-5-2-13-3-6-17/h8,13,18H,2-7H2,1H3,(H,14,19). The molecule has 2 heterocycles. The third-order valence-electron chi connectivity index (χ3n) is 2.93. The number of carbonyl (C=O) groups is 1. The molecule has 0 saturated carbocycles. The fourth-order valence-electron chi connectivity index (χ4n) is 1.90. The van der Waals surface area contributed by atoms with E-state index in [1.54, 1.807) is 0 Å². The molecule has 0 aromatic carbocycles. The molecule has 0 atom stereocenters. The molecule has 2 rings (SSSR count). The monoisotopic (exact) mass is 281 g/mol. The van der Waals surface area contributed by atoms with E-state index in [9.17, 15) is 4.79 Å². The fourth-order valence-corrected chi connectivity index (χ4v) is 1.90. The number of aliphatic hydroxyl groups is 1. The molecule has 1 fully saturated rings. The second kappa shape index (κ2) is 7.01. The van der Waals surface area contributed by atoms with Gasteiger partial charge >= 0.3 is 0 Å². The minimum absolute atomic E-state index is 0.112. The molecule has 3 N–H and O–H groups in total. The van der Waals surface area contributed by atoms with Crippen molar-refractivity contribution in [2.75, 3.05) is 51.3 Å². The lowest BCUT2D eigenvalue weighted by molar-refractivity contribution is 0.0939. The Hall–Kier alpha value is -1.93. The predicted octanol–water partition coefficient (Wildman–Crippen LogP) is -1.38. The van der Waals surface area contributed by atoms with Crippen LogP contribution in [0.5, 0.6) is 5.88 Å². The molecule has 20 heavy (non-hydrogen) atoms. The van der Waals surface area contributed by atoms with Crippen molar-refractivity contribution in [3.63, 3.8) is 0 Å². The first-order valence-corrected chi connectivity index (χ1v) is 6.52. The van der Waals surface area contributed by atoms with Gasteiger partial charge in [-0.25, -0.2) is 4.98 Å². The average molecular weight is 281 g/mol. The van der Waals surface area contributed by atoms with Crippen molar-refractivity contribution in [3.05, 3.63) is 11.8 Å². The molecule has 0 bridgehead atoms. The molecular formula is C12H19N5O3. The van der Waals surface area contributed by atoms with Crippen molar-refractivity contribution in [2.24, 2.45) is 0 Å². The van der Waals surface area contributed by atoms with Crippen molar-refractivity contribution in [1.29, 1.82) is 0 Å². The number of aliphatic hydroxyl groups excluding tert-OH is 1. The highest BCUT2D eigenvalue weighted by Gasteiger charge is 2.17. The van der Waals surface area contributed by atoms with Gasteiger partial charge in [-0.15, -0.1) is 0 Å². The molecule has 8 nitrogen and oxygen atoms in total. The van der Waals surface area contributed by atoms with E-state index in [-0.39, 0.29) is 24.8 Å². The van der Waals surface area contributed by atoms with Gasteiger partial charge in [-0.05, 0) is 0 Å². The zero-order valence-electron chi connectivity index (χ0n) is 11.4. The number of piperazine rings is 1. The fraction of sp³-hybridized carbons (Fsp3) is 0.583. The highest BCUT2D eigenvalue weighted by Crippen LogP contribution is 2.16. The van der Waals surface area contributed by atoms with Crippen molar-refractivity contribution in [1.82, 2.24) is 20.6 Å². The van der Waals surface area contributed by atoms with Crippen LogP contribution in [0.2, 0.25) is 0 Å². The lowest BCUT2D eigenvalue weighted by atomic mass is 10.3. The van der Waals surface area contributed by atoms with Gasteiger partial charge in [0.05, 0.1) is 13.7 Å². The average Bonchev–Trinajstić information content (AvgIpc) is 2.52. The number of nitrogens with one attached hydrogen (secondary N) is 2. The smallest absolute Gasteiger partial charge is 0.270 e. The summed E-state index contributed by atoms with van der Waals surface area (Å²) in [6.45, 7) is 3.35. The van der Waals surface area contributed by atoms with Crippen LogP contribution in [-0.4, -0.2) is 67.4 Å². The topological polar surface area (TPSA) is 99.6 Å². The van der Waals surface area contributed by atoms with Crippen molar-refractivity contribution >= 4 is 11.9 Å². The molecule has 1 aliphatic rings. The molecule has 1 aliphatic heterocycles. The van der Waals surface area contributed by atoms with Crippen LogP contribution in [0.25, 0.3) is 0 Å². The maximum absolute atomic E-state index is 11.9. The van der Waals surface area contributed by atoms with E-state index in [0.29, 0.717) is 11.8 Å². The highest BCUT2D eigenvalue weighted by atomic mass is 16.5. The summed E-state index contributed by atoms with van der Waals surface area (Å²) < 4.78 is 5.12. The maximum Gasteiger partial charge on any atom is 0.270 e. The van der Waals surface area contributed by atoms with Crippen LogP contribution >= 0.6 is 0 Å². The van der Waals surface area contributed by atoms with Crippen LogP contribution < -0.4 is 20.3 Å². The lowest BCUT2D eigenvalue weighted by Gasteiger charge is -2.27. The van der Waals surface area contributed by atoms with E-state index < -0.39 is 0 Å². The maximum atomic E-state index is 11.9. The normalized spacial score (nSPS) is 15.0.